The summed E-state index contributed by atoms with van der Waals surface area (Å²) in [5.41, 5.74) is 6.26. The third-order valence-corrected chi connectivity index (χ3v) is 5.75. The Morgan fingerprint density at radius 1 is 1.09 bits per heavy atom. The smallest absolute Gasteiger partial charge is 0.250 e. The lowest BCUT2D eigenvalue weighted by Crippen LogP contribution is -2.25. The maximum Gasteiger partial charge on any atom is 0.250 e. The van der Waals surface area contributed by atoms with E-state index in [1.54, 1.807) is 24.8 Å². The molecular weight excluding hydrogens is 402 g/mol. The Hall–Kier alpha value is -3.67. The summed E-state index contributed by atoms with van der Waals surface area (Å²) >= 11 is 0. The number of hydrogen-bond acceptors (Lipinski definition) is 4. The molecule has 1 amide bonds. The van der Waals surface area contributed by atoms with Crippen molar-refractivity contribution in [3.05, 3.63) is 87.3 Å². The van der Waals surface area contributed by atoms with E-state index in [1.807, 2.05) is 62.5 Å². The number of nitrogens with zero attached hydrogens (tertiary/aromatic N) is 2. The molecule has 2 heterocycles. The second-order valence-electron chi connectivity index (χ2n) is 8.02. The quantitative estimate of drug-likeness (QED) is 0.671. The summed E-state index contributed by atoms with van der Waals surface area (Å²) in [7, 11) is 3.36. The van der Waals surface area contributed by atoms with Crippen molar-refractivity contribution < 1.29 is 9.53 Å². The molecule has 0 unspecified atom stereocenters. The van der Waals surface area contributed by atoms with Gasteiger partial charge in [-0.15, -0.1) is 0 Å². The van der Waals surface area contributed by atoms with E-state index in [1.165, 1.54) is 0 Å². The molecule has 1 aliphatic heterocycles. The first kappa shape index (κ1) is 21.6. The zero-order valence-corrected chi connectivity index (χ0v) is 18.8. The predicted molar refractivity (Wildman–Crippen MR) is 127 cm³/mol. The molecule has 0 radical (unpaired) electrons. The maximum absolute atomic E-state index is 12.6. The van der Waals surface area contributed by atoms with Crippen molar-refractivity contribution in [2.24, 2.45) is 12.0 Å². The number of aliphatic imine (C=N–C) groups is 1. The fourth-order valence-electron chi connectivity index (χ4n) is 4.06. The van der Waals surface area contributed by atoms with Gasteiger partial charge in [0, 0.05) is 42.5 Å². The number of carbonyl (C=O) groups excluding carboxylic acids is 1. The minimum Gasteiger partial charge on any atom is -0.497 e. The summed E-state index contributed by atoms with van der Waals surface area (Å²) in [5, 5.41) is 2.86. The number of hydrogen-bond donors (Lipinski definition) is 1. The lowest BCUT2D eigenvalue weighted by Gasteiger charge is -2.16. The molecule has 0 saturated heterocycles. The highest BCUT2D eigenvalue weighted by molar-refractivity contribution is 6.17. The van der Waals surface area contributed by atoms with Gasteiger partial charge in [-0.25, -0.2) is 0 Å². The first-order chi connectivity index (χ1) is 15.4. The molecule has 164 valence electrons. The van der Waals surface area contributed by atoms with Gasteiger partial charge in [-0.3, -0.25) is 14.6 Å². The Morgan fingerprint density at radius 3 is 2.53 bits per heavy atom. The van der Waals surface area contributed by atoms with E-state index in [9.17, 15) is 9.59 Å². The summed E-state index contributed by atoms with van der Waals surface area (Å²) in [6.07, 6.45) is 1.99. The van der Waals surface area contributed by atoms with Crippen LogP contribution in [0.25, 0.3) is 11.1 Å². The molecule has 1 N–H and O–H groups in total. The Balaban J connectivity index is 2.01. The monoisotopic (exact) mass is 429 g/mol. The van der Waals surface area contributed by atoms with Crippen molar-refractivity contribution in [2.45, 2.75) is 26.3 Å². The number of aromatic nitrogens is 1. The molecular formula is C26H27N3O3. The number of ether oxygens (including phenoxy) is 1. The topological polar surface area (TPSA) is 72.7 Å². The standard InChI is InChI=1S/C26H27N3O3/c1-5-27-24(30)14-23-21-13-25(31)29(3)15-22(21)20-12-18(32-4)10-11-19(20)26(28-23)17-8-6-16(2)7-9-17/h6-13,15,23H,5,14H2,1-4H3,(H,27,30)/t23-/m0/s1. The lowest BCUT2D eigenvalue weighted by atomic mass is 9.91. The Morgan fingerprint density at radius 2 is 1.84 bits per heavy atom. The minimum absolute atomic E-state index is 0.0975. The molecule has 2 aromatic carbocycles. The van der Waals surface area contributed by atoms with Crippen LogP contribution < -0.4 is 15.6 Å². The molecule has 0 fully saturated rings. The van der Waals surface area contributed by atoms with Crippen LogP contribution in [0.1, 0.15) is 41.6 Å². The van der Waals surface area contributed by atoms with Gasteiger partial charge in [-0.2, -0.15) is 0 Å². The van der Waals surface area contributed by atoms with Gasteiger partial charge in [0.15, 0.2) is 0 Å². The number of carbonyl (C=O) groups is 1. The molecule has 1 aliphatic rings. The van der Waals surface area contributed by atoms with Crippen molar-refractivity contribution in [1.82, 2.24) is 9.88 Å². The summed E-state index contributed by atoms with van der Waals surface area (Å²) < 4.78 is 7.06. The number of amides is 1. The van der Waals surface area contributed by atoms with Crippen LogP contribution in [0.3, 0.4) is 0 Å². The second kappa shape index (κ2) is 8.83. The highest BCUT2D eigenvalue weighted by Crippen LogP contribution is 2.39. The zero-order valence-electron chi connectivity index (χ0n) is 18.8. The third-order valence-electron chi connectivity index (χ3n) is 5.75. The number of aryl methyl sites for hydroxylation is 2. The van der Waals surface area contributed by atoms with E-state index in [2.05, 4.69) is 5.32 Å². The average molecular weight is 430 g/mol. The summed E-state index contributed by atoms with van der Waals surface area (Å²) in [6, 6.07) is 15.2. The molecule has 0 spiro atoms. The predicted octanol–water partition coefficient (Wildman–Crippen LogP) is 3.79. The molecule has 6 heteroatoms. The highest BCUT2D eigenvalue weighted by atomic mass is 16.5. The molecule has 4 rings (SSSR count). The largest absolute Gasteiger partial charge is 0.497 e. The fraction of sp³-hybridized carbons (Fsp3) is 0.269. The molecule has 1 aromatic heterocycles. The molecule has 1 atom stereocenters. The van der Waals surface area contributed by atoms with E-state index >= 15 is 0 Å². The summed E-state index contributed by atoms with van der Waals surface area (Å²) in [4.78, 5) is 30.2. The first-order valence-electron chi connectivity index (χ1n) is 10.7. The van der Waals surface area contributed by atoms with Crippen LogP contribution in [0.4, 0.5) is 0 Å². The van der Waals surface area contributed by atoms with E-state index < -0.39 is 6.04 Å². The molecule has 32 heavy (non-hydrogen) atoms. The molecule has 0 aliphatic carbocycles. The van der Waals surface area contributed by atoms with E-state index in [0.717, 1.165) is 39.1 Å². The van der Waals surface area contributed by atoms with Crippen molar-refractivity contribution in [2.75, 3.05) is 13.7 Å². The highest BCUT2D eigenvalue weighted by Gasteiger charge is 2.27. The number of fused-ring (bicyclic) bond motifs is 3. The number of benzene rings is 2. The normalized spacial score (nSPS) is 14.6. The molecule has 0 saturated carbocycles. The van der Waals surface area contributed by atoms with Crippen LogP contribution in [0.15, 0.2) is 64.5 Å². The molecule has 3 aromatic rings. The minimum atomic E-state index is -0.486. The maximum atomic E-state index is 12.6. The van der Waals surface area contributed by atoms with Crippen molar-refractivity contribution in [3.8, 4) is 16.9 Å². The summed E-state index contributed by atoms with van der Waals surface area (Å²) in [6.45, 7) is 4.47. The Bertz CT molecular complexity index is 1260. The van der Waals surface area contributed by atoms with Crippen LogP contribution in [0.2, 0.25) is 0 Å². The van der Waals surface area contributed by atoms with Crippen LogP contribution in [0.5, 0.6) is 5.75 Å². The number of methoxy groups -OCH3 is 1. The van der Waals surface area contributed by atoms with Gasteiger partial charge < -0.3 is 14.6 Å². The lowest BCUT2D eigenvalue weighted by molar-refractivity contribution is -0.121. The van der Waals surface area contributed by atoms with E-state index in [0.29, 0.717) is 12.3 Å². The van der Waals surface area contributed by atoms with Crippen LogP contribution in [-0.4, -0.2) is 29.8 Å². The van der Waals surface area contributed by atoms with Gasteiger partial charge in [-0.05, 0) is 43.2 Å². The SMILES string of the molecule is CCNC(=O)C[C@@H]1N=C(c2ccc(C)cc2)c2ccc(OC)cc2-c2cn(C)c(=O)cc21. The van der Waals surface area contributed by atoms with Crippen molar-refractivity contribution >= 4 is 11.6 Å². The number of nitrogens with one attached hydrogen (secondary N) is 1. The fourth-order valence-corrected chi connectivity index (χ4v) is 4.06. The zero-order chi connectivity index (χ0) is 22.8. The van der Waals surface area contributed by atoms with Gasteiger partial charge >= 0.3 is 0 Å². The number of rotatable bonds is 5. The molecule has 0 bridgehead atoms. The van der Waals surface area contributed by atoms with Crippen LogP contribution in [-0.2, 0) is 11.8 Å². The van der Waals surface area contributed by atoms with Gasteiger partial charge in [0.25, 0.3) is 5.56 Å². The Labute approximate surface area is 187 Å². The third kappa shape index (κ3) is 4.08. The van der Waals surface area contributed by atoms with E-state index in [-0.39, 0.29) is 17.9 Å². The molecule has 6 nitrogen and oxygen atoms in total. The van der Waals surface area contributed by atoms with Crippen LogP contribution in [0, 0.1) is 6.92 Å². The Kier molecular flexibility index (Phi) is 5.95. The van der Waals surface area contributed by atoms with Crippen molar-refractivity contribution in [3.63, 3.8) is 0 Å². The first-order valence-corrected chi connectivity index (χ1v) is 10.7. The van der Waals surface area contributed by atoms with Crippen molar-refractivity contribution in [1.29, 1.82) is 0 Å². The number of pyridine rings is 1. The van der Waals surface area contributed by atoms with Gasteiger partial charge in [0.05, 0.1) is 25.3 Å². The van der Waals surface area contributed by atoms with E-state index in [4.69, 9.17) is 9.73 Å². The van der Waals surface area contributed by atoms with Gasteiger partial charge in [-0.1, -0.05) is 29.8 Å². The summed E-state index contributed by atoms with van der Waals surface area (Å²) in [5.74, 6) is 0.619. The van der Waals surface area contributed by atoms with Gasteiger partial charge in [0.1, 0.15) is 5.75 Å². The van der Waals surface area contributed by atoms with Crippen LogP contribution >= 0.6 is 0 Å². The van der Waals surface area contributed by atoms with Gasteiger partial charge in [0.2, 0.25) is 5.91 Å². The average Bonchev–Trinajstić information content (AvgIpc) is 2.90. The second-order valence-corrected chi connectivity index (χ2v) is 8.02.